The second-order valence-corrected chi connectivity index (χ2v) is 6.12. The molecule has 0 spiro atoms. The highest BCUT2D eigenvalue weighted by molar-refractivity contribution is 9.10. The van der Waals surface area contributed by atoms with Crippen molar-refractivity contribution in [3.05, 3.63) is 34.3 Å². The normalized spacial score (nSPS) is 13.5. The summed E-state index contributed by atoms with van der Waals surface area (Å²) in [4.78, 5) is 0. The van der Waals surface area contributed by atoms with Gasteiger partial charge in [-0.05, 0) is 30.5 Å². The van der Waals surface area contributed by atoms with Crippen molar-refractivity contribution in [3.8, 4) is 0 Å². The van der Waals surface area contributed by atoms with Crippen LogP contribution in [0.5, 0.6) is 0 Å². The van der Waals surface area contributed by atoms with Crippen LogP contribution in [0.25, 0.3) is 0 Å². The molecule has 1 N–H and O–H groups in total. The first kappa shape index (κ1) is 16.9. The van der Waals surface area contributed by atoms with Crippen molar-refractivity contribution < 1.29 is 13.2 Å². The van der Waals surface area contributed by atoms with Crippen LogP contribution in [-0.2, 0) is 0 Å². The first-order chi connectivity index (χ1) is 8.94. The van der Waals surface area contributed by atoms with Crippen LogP contribution in [0.1, 0.15) is 24.8 Å². The summed E-state index contributed by atoms with van der Waals surface area (Å²) in [5.41, 5.74) is -3.08. The van der Waals surface area contributed by atoms with Crippen molar-refractivity contribution in [3.63, 3.8) is 0 Å². The standard InChI is InChI=1S/C13H17BrF3NS/c1-2-18-9-10(7-8-19-13(15,16)17)11-5-3-4-6-12(11)14/h3-6,10,18H,2,7-9H2,1H3. The van der Waals surface area contributed by atoms with Crippen molar-refractivity contribution >= 4 is 27.7 Å². The van der Waals surface area contributed by atoms with Gasteiger partial charge in [0.15, 0.2) is 0 Å². The SMILES string of the molecule is CCNCC(CCSC(F)(F)F)c1ccccc1Br. The Morgan fingerprint density at radius 2 is 2.00 bits per heavy atom. The van der Waals surface area contributed by atoms with Crippen LogP contribution in [0.2, 0.25) is 0 Å². The highest BCUT2D eigenvalue weighted by Gasteiger charge is 2.28. The molecule has 0 aliphatic carbocycles. The quantitative estimate of drug-likeness (QED) is 0.754. The van der Waals surface area contributed by atoms with Gasteiger partial charge in [-0.3, -0.25) is 0 Å². The highest BCUT2D eigenvalue weighted by atomic mass is 79.9. The van der Waals surface area contributed by atoms with Gasteiger partial charge in [-0.25, -0.2) is 0 Å². The number of benzene rings is 1. The zero-order chi connectivity index (χ0) is 14.3. The number of likely N-dealkylation sites (N-methyl/N-ethyl adjacent to an activating group) is 1. The molecule has 1 atom stereocenters. The summed E-state index contributed by atoms with van der Waals surface area (Å²) in [5, 5.41) is 3.21. The van der Waals surface area contributed by atoms with E-state index in [-0.39, 0.29) is 23.4 Å². The van der Waals surface area contributed by atoms with Crippen molar-refractivity contribution in [1.82, 2.24) is 5.32 Å². The third-order valence-electron chi connectivity index (χ3n) is 2.72. The molecule has 6 heteroatoms. The van der Waals surface area contributed by atoms with Crippen molar-refractivity contribution in [2.75, 3.05) is 18.8 Å². The number of hydrogen-bond acceptors (Lipinski definition) is 2. The molecule has 1 unspecified atom stereocenters. The molecule has 0 saturated heterocycles. The van der Waals surface area contributed by atoms with Crippen molar-refractivity contribution in [2.45, 2.75) is 24.8 Å². The summed E-state index contributed by atoms with van der Waals surface area (Å²) >= 11 is 3.52. The van der Waals surface area contributed by atoms with E-state index in [0.29, 0.717) is 13.0 Å². The Hall–Kier alpha value is -0.200. The van der Waals surface area contributed by atoms with E-state index in [0.717, 1.165) is 16.6 Å². The Morgan fingerprint density at radius 1 is 1.32 bits per heavy atom. The van der Waals surface area contributed by atoms with Gasteiger partial charge in [-0.2, -0.15) is 13.2 Å². The van der Waals surface area contributed by atoms with Gasteiger partial charge in [-0.15, -0.1) is 0 Å². The Kier molecular flexibility index (Phi) is 7.25. The Bertz CT molecular complexity index is 384. The third kappa shape index (κ3) is 6.68. The molecular formula is C13H17BrF3NS. The molecule has 1 nitrogen and oxygen atoms in total. The minimum absolute atomic E-state index is 0.0528. The number of nitrogens with one attached hydrogen (secondary N) is 1. The molecular weight excluding hydrogens is 339 g/mol. The lowest BCUT2D eigenvalue weighted by Gasteiger charge is -2.19. The van der Waals surface area contributed by atoms with Gasteiger partial charge in [0.25, 0.3) is 0 Å². The van der Waals surface area contributed by atoms with Crippen LogP contribution >= 0.6 is 27.7 Å². The fourth-order valence-corrected chi connectivity index (χ4v) is 3.05. The topological polar surface area (TPSA) is 12.0 Å². The smallest absolute Gasteiger partial charge is 0.316 e. The molecule has 0 fully saturated rings. The molecule has 108 valence electrons. The van der Waals surface area contributed by atoms with E-state index in [4.69, 9.17) is 0 Å². The molecule has 0 heterocycles. The molecule has 1 aromatic carbocycles. The summed E-state index contributed by atoms with van der Waals surface area (Å²) in [7, 11) is 0. The first-order valence-electron chi connectivity index (χ1n) is 6.10. The van der Waals surface area contributed by atoms with Gasteiger partial charge in [0.05, 0.1) is 0 Å². The van der Waals surface area contributed by atoms with Gasteiger partial charge in [0.1, 0.15) is 0 Å². The monoisotopic (exact) mass is 355 g/mol. The van der Waals surface area contributed by atoms with Crippen molar-refractivity contribution in [1.29, 1.82) is 0 Å². The maximum Gasteiger partial charge on any atom is 0.441 e. The summed E-state index contributed by atoms with van der Waals surface area (Å²) in [6, 6.07) is 7.70. The van der Waals surface area contributed by atoms with Crippen LogP contribution in [0, 0.1) is 0 Å². The average Bonchev–Trinajstić information content (AvgIpc) is 2.33. The number of halogens is 4. The average molecular weight is 356 g/mol. The number of hydrogen-bond donors (Lipinski definition) is 1. The maximum atomic E-state index is 12.2. The first-order valence-corrected chi connectivity index (χ1v) is 7.87. The highest BCUT2D eigenvalue weighted by Crippen LogP contribution is 2.34. The lowest BCUT2D eigenvalue weighted by molar-refractivity contribution is -0.0328. The summed E-state index contributed by atoms with van der Waals surface area (Å²) < 4.78 is 37.5. The van der Waals surface area contributed by atoms with Crippen LogP contribution < -0.4 is 5.32 Å². The minimum Gasteiger partial charge on any atom is -0.316 e. The van der Waals surface area contributed by atoms with Gasteiger partial charge in [0, 0.05) is 16.8 Å². The van der Waals surface area contributed by atoms with Crippen LogP contribution in [0.15, 0.2) is 28.7 Å². The summed E-state index contributed by atoms with van der Waals surface area (Å²) in [6.07, 6.45) is 0.500. The minimum atomic E-state index is -4.14. The number of alkyl halides is 3. The molecule has 0 radical (unpaired) electrons. The van der Waals surface area contributed by atoms with Gasteiger partial charge in [0.2, 0.25) is 0 Å². The van der Waals surface area contributed by atoms with Gasteiger partial charge >= 0.3 is 5.51 Å². The Labute approximate surface area is 124 Å². The van der Waals surface area contributed by atoms with Gasteiger partial charge in [-0.1, -0.05) is 52.8 Å². The molecule has 19 heavy (non-hydrogen) atoms. The van der Waals surface area contributed by atoms with Crippen LogP contribution in [0.3, 0.4) is 0 Å². The Morgan fingerprint density at radius 3 is 2.58 bits per heavy atom. The van der Waals surface area contributed by atoms with Crippen LogP contribution in [0.4, 0.5) is 13.2 Å². The number of rotatable bonds is 7. The molecule has 0 aromatic heterocycles. The molecule has 0 amide bonds. The van der Waals surface area contributed by atoms with Crippen LogP contribution in [-0.4, -0.2) is 24.4 Å². The van der Waals surface area contributed by atoms with E-state index in [9.17, 15) is 13.2 Å². The molecule has 0 aliphatic rings. The second kappa shape index (κ2) is 8.17. The predicted octanol–water partition coefficient (Wildman–Crippen LogP) is 4.79. The largest absolute Gasteiger partial charge is 0.441 e. The summed E-state index contributed by atoms with van der Waals surface area (Å²) in [6.45, 7) is 3.49. The molecule has 1 rings (SSSR count). The lowest BCUT2D eigenvalue weighted by atomic mass is 9.96. The predicted molar refractivity (Wildman–Crippen MR) is 78.6 cm³/mol. The number of thioether (sulfide) groups is 1. The fraction of sp³-hybridized carbons (Fsp3) is 0.538. The molecule has 1 aromatic rings. The van der Waals surface area contributed by atoms with Crippen molar-refractivity contribution in [2.24, 2.45) is 0 Å². The van der Waals surface area contributed by atoms with E-state index < -0.39 is 5.51 Å². The summed E-state index contributed by atoms with van der Waals surface area (Å²) in [5.74, 6) is 0.173. The van der Waals surface area contributed by atoms with Gasteiger partial charge < -0.3 is 5.32 Å². The van der Waals surface area contributed by atoms with E-state index >= 15 is 0 Å². The molecule has 0 aliphatic heterocycles. The zero-order valence-corrected chi connectivity index (χ0v) is 13.0. The zero-order valence-electron chi connectivity index (χ0n) is 10.6. The molecule has 0 bridgehead atoms. The maximum absolute atomic E-state index is 12.2. The van der Waals surface area contributed by atoms with E-state index in [1.165, 1.54) is 0 Å². The van der Waals surface area contributed by atoms with E-state index in [2.05, 4.69) is 21.2 Å². The van der Waals surface area contributed by atoms with E-state index in [1.807, 2.05) is 31.2 Å². The second-order valence-electron chi connectivity index (χ2n) is 4.11. The molecule has 0 saturated carbocycles. The van der Waals surface area contributed by atoms with E-state index in [1.54, 1.807) is 0 Å². The fourth-order valence-electron chi connectivity index (χ4n) is 1.81. The third-order valence-corrected chi connectivity index (χ3v) is 4.21. The Balaban J connectivity index is 2.64. The lowest BCUT2D eigenvalue weighted by Crippen LogP contribution is -2.22.